The molecule has 0 bridgehead atoms. The van der Waals surface area contributed by atoms with Crippen LogP contribution in [0, 0.1) is 0 Å². The van der Waals surface area contributed by atoms with Crippen LogP contribution in [0.3, 0.4) is 0 Å². The lowest BCUT2D eigenvalue weighted by Gasteiger charge is -2.09. The summed E-state index contributed by atoms with van der Waals surface area (Å²) in [6.07, 6.45) is 0. The number of carbonyl (C=O) groups excluding carboxylic acids is 1. The van der Waals surface area contributed by atoms with Crippen molar-refractivity contribution in [3.63, 3.8) is 0 Å². The molecular weight excluding hydrogens is 381 g/mol. The summed E-state index contributed by atoms with van der Waals surface area (Å²) >= 11 is 15.2. The lowest BCUT2D eigenvalue weighted by molar-refractivity contribution is 0.0696. The van der Waals surface area contributed by atoms with Gasteiger partial charge in [0.05, 0.1) is 21.3 Å². The molecule has 2 rings (SSSR count). The minimum absolute atomic E-state index is 0.108. The zero-order chi connectivity index (χ0) is 15.6. The number of carbonyl (C=O) groups is 2. The molecule has 2 aromatic carbocycles. The smallest absolute Gasteiger partial charge is 0.335 e. The molecular formula is C14H8BrCl2NO3. The SMILES string of the molecule is O=C(O)c1ccc(C(=O)Nc2ccc(Br)c(Cl)c2Cl)cc1. The summed E-state index contributed by atoms with van der Waals surface area (Å²) in [6.45, 7) is 0. The Morgan fingerprint density at radius 3 is 2.10 bits per heavy atom. The molecule has 0 aliphatic heterocycles. The molecule has 0 spiro atoms. The molecule has 1 amide bonds. The number of hydrogen-bond acceptors (Lipinski definition) is 2. The summed E-state index contributed by atoms with van der Waals surface area (Å²) in [7, 11) is 0. The van der Waals surface area contributed by atoms with Crippen LogP contribution in [-0.4, -0.2) is 17.0 Å². The van der Waals surface area contributed by atoms with Crippen molar-refractivity contribution in [3.05, 3.63) is 62.0 Å². The molecule has 0 unspecified atom stereocenters. The van der Waals surface area contributed by atoms with Crippen molar-refractivity contribution < 1.29 is 14.7 Å². The molecule has 2 N–H and O–H groups in total. The number of benzene rings is 2. The van der Waals surface area contributed by atoms with Crippen LogP contribution in [0.2, 0.25) is 10.0 Å². The molecule has 108 valence electrons. The largest absolute Gasteiger partial charge is 0.478 e. The summed E-state index contributed by atoms with van der Waals surface area (Å²) in [6, 6.07) is 8.83. The predicted octanol–water partition coefficient (Wildman–Crippen LogP) is 4.71. The Hall–Kier alpha value is -1.56. The first kappa shape index (κ1) is 15.8. The summed E-state index contributed by atoms with van der Waals surface area (Å²) < 4.78 is 0.623. The van der Waals surface area contributed by atoms with Gasteiger partial charge >= 0.3 is 5.97 Å². The van der Waals surface area contributed by atoms with E-state index >= 15 is 0 Å². The normalized spacial score (nSPS) is 10.2. The van der Waals surface area contributed by atoms with Crippen molar-refractivity contribution in [2.75, 3.05) is 5.32 Å². The fourth-order valence-electron chi connectivity index (χ4n) is 1.58. The van der Waals surface area contributed by atoms with Crippen LogP contribution in [0.25, 0.3) is 0 Å². The van der Waals surface area contributed by atoms with Gasteiger partial charge in [-0.1, -0.05) is 23.2 Å². The minimum atomic E-state index is -1.05. The fourth-order valence-corrected chi connectivity index (χ4v) is 2.40. The van der Waals surface area contributed by atoms with Gasteiger partial charge in [-0.05, 0) is 52.3 Å². The number of carboxylic acids is 1. The van der Waals surface area contributed by atoms with E-state index in [2.05, 4.69) is 21.2 Å². The van der Waals surface area contributed by atoms with Gasteiger partial charge in [-0.2, -0.15) is 0 Å². The topological polar surface area (TPSA) is 66.4 Å². The summed E-state index contributed by atoms with van der Waals surface area (Å²) in [5, 5.41) is 12.0. The van der Waals surface area contributed by atoms with E-state index in [1.54, 1.807) is 12.1 Å². The molecule has 7 heteroatoms. The first-order valence-corrected chi connectivity index (χ1v) is 7.23. The Morgan fingerprint density at radius 2 is 1.52 bits per heavy atom. The Morgan fingerprint density at radius 1 is 0.952 bits per heavy atom. The van der Waals surface area contributed by atoms with E-state index in [4.69, 9.17) is 28.3 Å². The predicted molar refractivity (Wildman–Crippen MR) is 85.5 cm³/mol. The van der Waals surface area contributed by atoms with E-state index in [-0.39, 0.29) is 10.6 Å². The highest BCUT2D eigenvalue weighted by Gasteiger charge is 2.13. The molecule has 0 saturated carbocycles. The Bertz CT molecular complexity index is 717. The van der Waals surface area contributed by atoms with Gasteiger partial charge in [-0.15, -0.1) is 0 Å². The van der Waals surface area contributed by atoms with Crippen LogP contribution in [-0.2, 0) is 0 Å². The Labute approximate surface area is 138 Å². The van der Waals surface area contributed by atoms with Crippen LogP contribution < -0.4 is 5.32 Å². The van der Waals surface area contributed by atoms with Crippen molar-refractivity contribution >= 4 is 56.7 Å². The van der Waals surface area contributed by atoms with E-state index in [1.165, 1.54) is 24.3 Å². The number of halogens is 3. The maximum absolute atomic E-state index is 12.1. The van der Waals surface area contributed by atoms with Crippen molar-refractivity contribution in [1.82, 2.24) is 0 Å². The van der Waals surface area contributed by atoms with Gasteiger partial charge in [0.2, 0.25) is 0 Å². The average molecular weight is 389 g/mol. The highest BCUT2D eigenvalue weighted by atomic mass is 79.9. The molecule has 4 nitrogen and oxygen atoms in total. The van der Waals surface area contributed by atoms with Gasteiger partial charge < -0.3 is 10.4 Å². The second-order valence-electron chi connectivity index (χ2n) is 4.06. The number of carboxylic acid groups (broad SMARTS) is 1. The maximum atomic E-state index is 12.1. The second kappa shape index (κ2) is 6.47. The molecule has 0 aromatic heterocycles. The van der Waals surface area contributed by atoms with Crippen molar-refractivity contribution in [2.24, 2.45) is 0 Å². The van der Waals surface area contributed by atoms with Crippen LogP contribution >= 0.6 is 39.1 Å². The number of anilines is 1. The van der Waals surface area contributed by atoms with Crippen molar-refractivity contribution in [3.8, 4) is 0 Å². The third-order valence-electron chi connectivity index (χ3n) is 2.68. The molecule has 0 radical (unpaired) electrons. The first-order valence-electron chi connectivity index (χ1n) is 5.68. The summed E-state index contributed by atoms with van der Waals surface area (Å²) in [4.78, 5) is 22.8. The number of hydrogen-bond donors (Lipinski definition) is 2. The van der Waals surface area contributed by atoms with E-state index in [9.17, 15) is 9.59 Å². The third-order valence-corrected chi connectivity index (χ3v) is 4.45. The maximum Gasteiger partial charge on any atom is 0.335 e. The molecule has 0 atom stereocenters. The van der Waals surface area contributed by atoms with E-state index in [0.29, 0.717) is 20.7 Å². The molecule has 0 saturated heterocycles. The molecule has 21 heavy (non-hydrogen) atoms. The fraction of sp³-hybridized carbons (Fsp3) is 0. The standard InChI is InChI=1S/C14H8BrCl2NO3/c15-9-5-6-10(12(17)11(9)16)18-13(19)7-1-3-8(4-2-7)14(20)21/h1-6H,(H,18,19)(H,20,21). The van der Waals surface area contributed by atoms with Gasteiger partial charge in [0, 0.05) is 10.0 Å². The minimum Gasteiger partial charge on any atom is -0.478 e. The highest BCUT2D eigenvalue weighted by molar-refractivity contribution is 9.10. The molecule has 0 aliphatic rings. The van der Waals surface area contributed by atoms with Crippen molar-refractivity contribution in [1.29, 1.82) is 0 Å². The van der Waals surface area contributed by atoms with Gasteiger partial charge in [0.15, 0.2) is 0 Å². The van der Waals surface area contributed by atoms with Gasteiger partial charge in [-0.25, -0.2) is 4.79 Å². The lowest BCUT2D eigenvalue weighted by Crippen LogP contribution is -2.12. The number of nitrogens with one attached hydrogen (secondary N) is 1. The van der Waals surface area contributed by atoms with Gasteiger partial charge in [0.25, 0.3) is 5.91 Å². The first-order chi connectivity index (χ1) is 9.90. The zero-order valence-corrected chi connectivity index (χ0v) is 13.5. The van der Waals surface area contributed by atoms with Gasteiger partial charge in [-0.3, -0.25) is 4.79 Å². The zero-order valence-electron chi connectivity index (χ0n) is 10.4. The number of rotatable bonds is 3. The molecule has 0 aliphatic carbocycles. The van der Waals surface area contributed by atoms with Crippen LogP contribution in [0.1, 0.15) is 20.7 Å². The monoisotopic (exact) mass is 387 g/mol. The van der Waals surface area contributed by atoms with E-state index in [1.807, 2.05) is 0 Å². The molecule has 0 heterocycles. The van der Waals surface area contributed by atoms with Crippen molar-refractivity contribution in [2.45, 2.75) is 0 Å². The third kappa shape index (κ3) is 3.56. The average Bonchev–Trinajstić information content (AvgIpc) is 2.48. The van der Waals surface area contributed by atoms with Crippen LogP contribution in [0.5, 0.6) is 0 Å². The summed E-state index contributed by atoms with van der Waals surface area (Å²) in [5.41, 5.74) is 0.795. The number of amides is 1. The molecule has 0 fully saturated rings. The van der Waals surface area contributed by atoms with Crippen LogP contribution in [0.15, 0.2) is 40.9 Å². The second-order valence-corrected chi connectivity index (χ2v) is 5.67. The Balaban J connectivity index is 2.22. The molecule has 2 aromatic rings. The van der Waals surface area contributed by atoms with E-state index < -0.39 is 11.9 Å². The van der Waals surface area contributed by atoms with Gasteiger partial charge in [0.1, 0.15) is 0 Å². The highest BCUT2D eigenvalue weighted by Crippen LogP contribution is 2.35. The quantitative estimate of drug-likeness (QED) is 0.748. The Kier molecular flexibility index (Phi) is 4.88. The number of aromatic carboxylic acids is 1. The van der Waals surface area contributed by atoms with Crippen LogP contribution in [0.4, 0.5) is 5.69 Å². The lowest BCUT2D eigenvalue weighted by atomic mass is 10.1. The van der Waals surface area contributed by atoms with E-state index in [0.717, 1.165) is 0 Å². The summed E-state index contributed by atoms with van der Waals surface area (Å²) in [5.74, 6) is -1.46.